The van der Waals surface area contributed by atoms with Gasteiger partial charge in [0.05, 0.1) is 10.9 Å². The number of carboxylic acid groups (broad SMARTS) is 1. The lowest BCUT2D eigenvalue weighted by molar-refractivity contribution is 0.0697. The van der Waals surface area contributed by atoms with Crippen molar-refractivity contribution in [2.45, 2.75) is 13.5 Å². The van der Waals surface area contributed by atoms with Crippen molar-refractivity contribution in [3.63, 3.8) is 0 Å². The van der Waals surface area contributed by atoms with Crippen LogP contribution in [0.5, 0.6) is 0 Å². The molecule has 19 heavy (non-hydrogen) atoms. The zero-order chi connectivity index (χ0) is 14.2. The van der Waals surface area contributed by atoms with Gasteiger partial charge in [-0.1, -0.05) is 18.2 Å². The van der Waals surface area contributed by atoms with Crippen LogP contribution in [0.1, 0.15) is 16.1 Å². The van der Waals surface area contributed by atoms with Crippen LogP contribution in [0.4, 0.5) is 4.39 Å². The predicted molar refractivity (Wildman–Crippen MR) is 70.1 cm³/mol. The van der Waals surface area contributed by atoms with E-state index in [2.05, 4.69) is 6.58 Å². The van der Waals surface area contributed by atoms with Crippen molar-refractivity contribution in [2.24, 2.45) is 0 Å². The molecule has 0 aliphatic carbocycles. The fourth-order valence-corrected chi connectivity index (χ4v) is 2.19. The van der Waals surface area contributed by atoms with Crippen molar-refractivity contribution in [3.05, 3.63) is 58.3 Å². The van der Waals surface area contributed by atoms with Crippen molar-refractivity contribution in [1.29, 1.82) is 0 Å². The molecule has 1 N–H and O–H groups in total. The Morgan fingerprint density at radius 2 is 2.21 bits per heavy atom. The van der Waals surface area contributed by atoms with E-state index in [0.717, 1.165) is 6.07 Å². The fourth-order valence-electron chi connectivity index (χ4n) is 2.19. The Kier molecular flexibility index (Phi) is 3.21. The summed E-state index contributed by atoms with van der Waals surface area (Å²) in [5.41, 5.74) is -0.318. The van der Waals surface area contributed by atoms with Gasteiger partial charge in [0.15, 0.2) is 0 Å². The van der Waals surface area contributed by atoms with Gasteiger partial charge in [-0.05, 0) is 13.0 Å². The summed E-state index contributed by atoms with van der Waals surface area (Å²) in [6, 6.07) is 3.97. The molecule has 0 atom stereocenters. The van der Waals surface area contributed by atoms with Crippen molar-refractivity contribution >= 4 is 16.7 Å². The number of hydrogen-bond acceptors (Lipinski definition) is 2. The van der Waals surface area contributed by atoms with E-state index >= 15 is 0 Å². The molecule has 98 valence electrons. The van der Waals surface area contributed by atoms with Crippen LogP contribution < -0.4 is 5.56 Å². The smallest absolute Gasteiger partial charge is 0.338 e. The molecule has 5 heteroatoms. The number of aromatic nitrogens is 1. The highest BCUT2D eigenvalue weighted by atomic mass is 19.1. The number of nitrogens with zero attached hydrogens (tertiary/aromatic N) is 1. The van der Waals surface area contributed by atoms with Crippen LogP contribution in [0.3, 0.4) is 0 Å². The topological polar surface area (TPSA) is 59.3 Å². The largest absolute Gasteiger partial charge is 0.478 e. The summed E-state index contributed by atoms with van der Waals surface area (Å²) in [6.07, 6.45) is 1.46. The molecule has 0 amide bonds. The first-order valence-electron chi connectivity index (χ1n) is 5.64. The highest BCUT2D eigenvalue weighted by molar-refractivity contribution is 6.04. The van der Waals surface area contributed by atoms with Gasteiger partial charge >= 0.3 is 5.97 Å². The van der Waals surface area contributed by atoms with Crippen LogP contribution in [0.15, 0.2) is 35.6 Å². The average Bonchev–Trinajstić information content (AvgIpc) is 2.34. The van der Waals surface area contributed by atoms with E-state index in [1.807, 2.05) is 0 Å². The fraction of sp³-hybridized carbons (Fsp3) is 0.143. The predicted octanol–water partition coefficient (Wildman–Crippen LogP) is 2.33. The summed E-state index contributed by atoms with van der Waals surface area (Å²) in [5, 5.41) is 9.19. The molecule has 2 rings (SSSR count). The Balaban J connectivity index is 3.08. The molecule has 0 spiro atoms. The van der Waals surface area contributed by atoms with Gasteiger partial charge in [0.1, 0.15) is 5.82 Å². The van der Waals surface area contributed by atoms with E-state index < -0.39 is 17.3 Å². The monoisotopic (exact) mass is 261 g/mol. The third kappa shape index (κ3) is 1.93. The molecule has 0 fully saturated rings. The van der Waals surface area contributed by atoms with E-state index in [4.69, 9.17) is 0 Å². The van der Waals surface area contributed by atoms with Crippen LogP contribution in [0.2, 0.25) is 0 Å². The Labute approximate surface area is 108 Å². The third-order valence-electron chi connectivity index (χ3n) is 3.03. The first-order valence-corrected chi connectivity index (χ1v) is 5.64. The summed E-state index contributed by atoms with van der Waals surface area (Å²) in [5.74, 6) is -1.91. The van der Waals surface area contributed by atoms with Gasteiger partial charge in [0.2, 0.25) is 0 Å². The molecule has 0 radical (unpaired) electrons. The number of carbonyl (C=O) groups is 1. The number of rotatable bonds is 3. The van der Waals surface area contributed by atoms with Crippen LogP contribution in [-0.4, -0.2) is 15.6 Å². The van der Waals surface area contributed by atoms with Gasteiger partial charge < -0.3 is 9.67 Å². The number of allylic oxidation sites excluding steroid dienone is 1. The first-order chi connectivity index (χ1) is 8.99. The van der Waals surface area contributed by atoms with Crippen molar-refractivity contribution in [1.82, 2.24) is 4.57 Å². The van der Waals surface area contributed by atoms with Gasteiger partial charge in [-0.3, -0.25) is 4.79 Å². The molecule has 0 bridgehead atoms. The Bertz CT molecular complexity index is 746. The van der Waals surface area contributed by atoms with Crippen LogP contribution in [-0.2, 0) is 6.54 Å². The molecule has 1 aromatic heterocycles. The van der Waals surface area contributed by atoms with Crippen molar-refractivity contribution < 1.29 is 14.3 Å². The lowest BCUT2D eigenvalue weighted by Crippen LogP contribution is -2.25. The van der Waals surface area contributed by atoms with Gasteiger partial charge in [0, 0.05) is 17.6 Å². The van der Waals surface area contributed by atoms with Crippen LogP contribution in [0.25, 0.3) is 10.8 Å². The average molecular weight is 261 g/mol. The van der Waals surface area contributed by atoms with E-state index in [1.54, 1.807) is 0 Å². The lowest BCUT2D eigenvalue weighted by Gasteiger charge is -2.13. The number of pyridine rings is 1. The van der Waals surface area contributed by atoms with E-state index in [9.17, 15) is 19.1 Å². The van der Waals surface area contributed by atoms with E-state index in [-0.39, 0.29) is 28.6 Å². The SMILES string of the molecule is C=CCn1c(C)c(C(=O)O)c2cccc(F)c2c1=O. The molecule has 0 saturated carbocycles. The number of hydrogen-bond donors (Lipinski definition) is 1. The van der Waals surface area contributed by atoms with Gasteiger partial charge in [-0.2, -0.15) is 0 Å². The summed E-state index contributed by atoms with van der Waals surface area (Å²) in [7, 11) is 0. The minimum Gasteiger partial charge on any atom is -0.478 e. The lowest BCUT2D eigenvalue weighted by atomic mass is 10.0. The minimum atomic E-state index is -1.19. The minimum absolute atomic E-state index is 0.0593. The van der Waals surface area contributed by atoms with Gasteiger partial charge in [-0.15, -0.1) is 6.58 Å². The summed E-state index contributed by atoms with van der Waals surface area (Å²) in [6.45, 7) is 5.17. The molecule has 1 heterocycles. The third-order valence-corrected chi connectivity index (χ3v) is 3.03. The molecular formula is C14H12FNO3. The number of benzene rings is 1. The maximum atomic E-state index is 13.8. The zero-order valence-corrected chi connectivity index (χ0v) is 10.3. The van der Waals surface area contributed by atoms with E-state index in [0.29, 0.717) is 0 Å². The molecule has 0 saturated heterocycles. The molecule has 2 aromatic rings. The quantitative estimate of drug-likeness (QED) is 0.863. The van der Waals surface area contributed by atoms with Gasteiger partial charge in [-0.25, -0.2) is 9.18 Å². The zero-order valence-electron chi connectivity index (χ0n) is 10.3. The Morgan fingerprint density at radius 3 is 2.79 bits per heavy atom. The molecule has 0 aliphatic rings. The number of fused-ring (bicyclic) bond motifs is 1. The summed E-state index contributed by atoms with van der Waals surface area (Å²) < 4.78 is 15.0. The van der Waals surface area contributed by atoms with Gasteiger partial charge in [0.25, 0.3) is 5.56 Å². The number of halogens is 1. The normalized spacial score (nSPS) is 10.6. The summed E-state index contributed by atoms with van der Waals surface area (Å²) >= 11 is 0. The molecule has 0 unspecified atom stereocenters. The molecule has 4 nitrogen and oxygen atoms in total. The highest BCUT2D eigenvalue weighted by Gasteiger charge is 2.20. The maximum absolute atomic E-state index is 13.8. The van der Waals surface area contributed by atoms with Crippen LogP contribution in [0, 0.1) is 12.7 Å². The number of carboxylic acids is 1. The second-order valence-corrected chi connectivity index (χ2v) is 4.13. The van der Waals surface area contributed by atoms with Crippen molar-refractivity contribution in [2.75, 3.05) is 0 Å². The Morgan fingerprint density at radius 1 is 1.53 bits per heavy atom. The standard InChI is InChI=1S/C14H12FNO3/c1-3-7-16-8(2)11(14(18)19)9-5-4-6-10(15)12(9)13(16)17/h3-6H,1,7H2,2H3,(H,18,19). The van der Waals surface area contributed by atoms with Crippen LogP contribution >= 0.6 is 0 Å². The highest BCUT2D eigenvalue weighted by Crippen LogP contribution is 2.21. The second kappa shape index (κ2) is 4.68. The maximum Gasteiger partial charge on any atom is 0.338 e. The molecule has 0 aliphatic heterocycles. The first kappa shape index (κ1) is 13.0. The van der Waals surface area contributed by atoms with Crippen molar-refractivity contribution in [3.8, 4) is 0 Å². The van der Waals surface area contributed by atoms with E-state index in [1.165, 1.54) is 29.7 Å². The molecular weight excluding hydrogens is 249 g/mol. The number of aromatic carboxylic acids is 1. The Hall–Kier alpha value is -2.43. The molecule has 1 aromatic carbocycles. The summed E-state index contributed by atoms with van der Waals surface area (Å²) in [4.78, 5) is 23.6. The second-order valence-electron chi connectivity index (χ2n) is 4.13.